The third-order valence-corrected chi connectivity index (χ3v) is 5.71. The Labute approximate surface area is 199 Å². The van der Waals surface area contributed by atoms with Crippen LogP contribution in [0.25, 0.3) is 11.1 Å². The molecule has 2 atom stereocenters. The number of hydrogen-bond acceptors (Lipinski definition) is 5. The molecule has 3 rings (SSSR count). The van der Waals surface area contributed by atoms with Crippen LogP contribution in [-0.2, 0) is 11.2 Å². The minimum absolute atomic E-state index is 0.0333. The van der Waals surface area contributed by atoms with Crippen LogP contribution in [0.1, 0.15) is 62.0 Å². The number of likely N-dealkylation sites (tertiary alicyclic amines) is 1. The highest BCUT2D eigenvalue weighted by molar-refractivity contribution is 6.00. The van der Waals surface area contributed by atoms with Crippen LogP contribution in [0.3, 0.4) is 0 Å². The number of nitriles is 2. The van der Waals surface area contributed by atoms with E-state index in [-0.39, 0.29) is 11.7 Å². The van der Waals surface area contributed by atoms with E-state index in [2.05, 4.69) is 30.8 Å². The number of ether oxygens (including phenoxy) is 1. The number of carbonyl (C=O) groups is 1. The van der Waals surface area contributed by atoms with Crippen LogP contribution < -0.4 is 0 Å². The summed E-state index contributed by atoms with van der Waals surface area (Å²) in [4.78, 5) is 14.4. The summed E-state index contributed by atoms with van der Waals surface area (Å²) in [6, 6.07) is 15.7. The van der Waals surface area contributed by atoms with Crippen LogP contribution in [0.4, 0.5) is 0 Å². The Balaban J connectivity index is 0.000000409. The molecule has 0 N–H and O–H groups in total. The molecule has 0 aliphatic carbocycles. The third-order valence-electron chi connectivity index (χ3n) is 5.71. The molecule has 0 amide bonds. The number of ketones is 1. The van der Waals surface area contributed by atoms with Gasteiger partial charge in [-0.25, -0.2) is 0 Å². The van der Waals surface area contributed by atoms with Crippen molar-refractivity contribution in [2.24, 2.45) is 11.8 Å². The molecule has 1 saturated heterocycles. The van der Waals surface area contributed by atoms with Crippen molar-refractivity contribution < 1.29 is 9.53 Å². The van der Waals surface area contributed by atoms with Gasteiger partial charge in [0.25, 0.3) is 0 Å². The number of rotatable bonds is 5. The average Bonchev–Trinajstić information content (AvgIpc) is 3.29. The SMILES string of the molecule is CC1CCN(C#N)C1.CCc1ccc(-c2cccc(C#N)c2)cc1C(=O)C(C)CC.COC. The lowest BCUT2D eigenvalue weighted by Gasteiger charge is -2.13. The molecule has 0 saturated carbocycles. The van der Waals surface area contributed by atoms with Gasteiger partial charge in [0, 0.05) is 38.8 Å². The molecular weight excluding hydrogens is 410 g/mol. The van der Waals surface area contributed by atoms with E-state index in [1.54, 1.807) is 20.3 Å². The Morgan fingerprint density at radius 2 is 1.82 bits per heavy atom. The minimum atomic E-state index is 0.0333. The molecule has 2 aromatic rings. The van der Waals surface area contributed by atoms with Crippen molar-refractivity contribution in [2.45, 2.75) is 47.0 Å². The Hall–Kier alpha value is -3.15. The first kappa shape index (κ1) is 27.9. The van der Waals surface area contributed by atoms with Crippen LogP contribution in [-0.4, -0.2) is 38.0 Å². The van der Waals surface area contributed by atoms with Crippen molar-refractivity contribution in [2.75, 3.05) is 27.3 Å². The maximum atomic E-state index is 12.6. The molecule has 2 unspecified atom stereocenters. The summed E-state index contributed by atoms with van der Waals surface area (Å²) in [5.74, 6) is 0.971. The Kier molecular flexibility index (Phi) is 12.5. The molecule has 1 heterocycles. The van der Waals surface area contributed by atoms with Crippen molar-refractivity contribution in [1.82, 2.24) is 4.90 Å². The Morgan fingerprint density at radius 3 is 2.30 bits per heavy atom. The molecule has 5 heteroatoms. The zero-order valence-corrected chi connectivity index (χ0v) is 20.9. The smallest absolute Gasteiger partial charge is 0.179 e. The Morgan fingerprint density at radius 1 is 1.15 bits per heavy atom. The van der Waals surface area contributed by atoms with Gasteiger partial charge in [-0.05, 0) is 60.1 Å². The van der Waals surface area contributed by atoms with Crippen LogP contribution >= 0.6 is 0 Å². The fourth-order valence-corrected chi connectivity index (χ4v) is 3.54. The fourth-order valence-electron chi connectivity index (χ4n) is 3.54. The number of Topliss-reactive ketones (excluding diaryl/α,β-unsaturated/α-hetero) is 1. The van der Waals surface area contributed by atoms with Gasteiger partial charge in [0.1, 0.15) is 0 Å². The van der Waals surface area contributed by atoms with E-state index in [9.17, 15) is 4.79 Å². The van der Waals surface area contributed by atoms with Crippen molar-refractivity contribution in [3.63, 3.8) is 0 Å². The lowest BCUT2D eigenvalue weighted by atomic mass is 9.90. The van der Waals surface area contributed by atoms with Crippen LogP contribution in [0, 0.1) is 34.6 Å². The highest BCUT2D eigenvalue weighted by atomic mass is 16.4. The summed E-state index contributed by atoms with van der Waals surface area (Å²) in [5.41, 5.74) is 4.50. The summed E-state index contributed by atoms with van der Waals surface area (Å²) < 4.78 is 4.25. The standard InChI is InChI=1S/C20H21NO.C6H10N2.C2H6O/c1-4-14(3)20(22)19-12-18(10-9-16(19)5-2)17-8-6-7-15(11-17)13-21;1-6-2-3-8(4-6)5-7;1-3-2/h6-12,14H,4-5H2,1-3H3;6H,2-4H2,1H3;1-2H3. The van der Waals surface area contributed by atoms with Crippen molar-refractivity contribution in [1.29, 1.82) is 10.5 Å². The normalized spacial score (nSPS) is 15.2. The maximum absolute atomic E-state index is 12.6. The topological polar surface area (TPSA) is 77.1 Å². The summed E-state index contributed by atoms with van der Waals surface area (Å²) in [6.45, 7) is 10.2. The second-order valence-corrected chi connectivity index (χ2v) is 8.44. The zero-order chi connectivity index (χ0) is 24.8. The van der Waals surface area contributed by atoms with Gasteiger partial charge >= 0.3 is 0 Å². The second-order valence-electron chi connectivity index (χ2n) is 8.44. The third kappa shape index (κ3) is 8.72. The van der Waals surface area contributed by atoms with E-state index in [1.807, 2.05) is 55.1 Å². The maximum Gasteiger partial charge on any atom is 0.179 e. The average molecular weight is 448 g/mol. The zero-order valence-electron chi connectivity index (χ0n) is 20.9. The van der Waals surface area contributed by atoms with Gasteiger partial charge in [0.05, 0.1) is 11.6 Å². The molecule has 1 fully saturated rings. The first-order chi connectivity index (χ1) is 15.8. The highest BCUT2D eigenvalue weighted by Crippen LogP contribution is 2.26. The van der Waals surface area contributed by atoms with Crippen molar-refractivity contribution >= 4 is 5.78 Å². The molecule has 0 aromatic heterocycles. The van der Waals surface area contributed by atoms with Gasteiger partial charge in [0.15, 0.2) is 12.0 Å². The number of methoxy groups -OCH3 is 1. The molecular formula is C28H37N3O2. The quantitative estimate of drug-likeness (QED) is 0.409. The first-order valence-electron chi connectivity index (χ1n) is 11.6. The van der Waals surface area contributed by atoms with E-state index in [0.717, 1.165) is 54.1 Å². The van der Waals surface area contributed by atoms with Crippen molar-refractivity contribution in [3.8, 4) is 23.4 Å². The number of carbonyl (C=O) groups excluding carboxylic acids is 1. The van der Waals surface area contributed by atoms with Gasteiger partial charge in [-0.1, -0.05) is 52.0 Å². The number of aryl methyl sites for hydroxylation is 1. The minimum Gasteiger partial charge on any atom is -0.388 e. The van der Waals surface area contributed by atoms with Gasteiger partial charge < -0.3 is 9.64 Å². The van der Waals surface area contributed by atoms with Gasteiger partial charge in [0.2, 0.25) is 0 Å². The lowest BCUT2D eigenvalue weighted by Crippen LogP contribution is -2.12. The monoisotopic (exact) mass is 447 g/mol. The second kappa shape index (κ2) is 14.8. The first-order valence-corrected chi connectivity index (χ1v) is 11.6. The molecule has 0 spiro atoms. The number of nitrogens with zero attached hydrogens (tertiary/aromatic N) is 3. The summed E-state index contributed by atoms with van der Waals surface area (Å²) in [7, 11) is 3.25. The number of hydrogen-bond donors (Lipinski definition) is 0. The number of benzene rings is 2. The molecule has 176 valence electrons. The molecule has 1 aliphatic rings. The summed E-state index contributed by atoms with van der Waals surface area (Å²) in [6.07, 6.45) is 5.00. The molecule has 5 nitrogen and oxygen atoms in total. The van der Waals surface area contributed by atoms with Gasteiger partial charge in [-0.15, -0.1) is 0 Å². The predicted molar refractivity (Wildman–Crippen MR) is 134 cm³/mol. The van der Waals surface area contributed by atoms with Crippen molar-refractivity contribution in [3.05, 3.63) is 59.2 Å². The lowest BCUT2D eigenvalue weighted by molar-refractivity contribution is 0.0926. The Bertz CT molecular complexity index is 972. The molecule has 0 radical (unpaired) electrons. The molecule has 1 aliphatic heterocycles. The van der Waals surface area contributed by atoms with Gasteiger partial charge in [-0.3, -0.25) is 4.79 Å². The fraction of sp³-hybridized carbons (Fsp3) is 0.464. The predicted octanol–water partition coefficient (Wildman–Crippen LogP) is 6.09. The van der Waals surface area contributed by atoms with E-state index < -0.39 is 0 Å². The van der Waals surface area contributed by atoms with Gasteiger partial charge in [-0.2, -0.15) is 10.5 Å². The largest absolute Gasteiger partial charge is 0.388 e. The molecule has 2 aromatic carbocycles. The molecule has 33 heavy (non-hydrogen) atoms. The summed E-state index contributed by atoms with van der Waals surface area (Å²) in [5, 5.41) is 17.4. The van der Waals surface area contributed by atoms with E-state index in [4.69, 9.17) is 10.5 Å². The van der Waals surface area contributed by atoms with Crippen LogP contribution in [0.5, 0.6) is 0 Å². The van der Waals surface area contributed by atoms with Crippen LogP contribution in [0.2, 0.25) is 0 Å². The summed E-state index contributed by atoms with van der Waals surface area (Å²) >= 11 is 0. The highest BCUT2D eigenvalue weighted by Gasteiger charge is 2.17. The van der Waals surface area contributed by atoms with E-state index in [1.165, 1.54) is 6.42 Å². The molecule has 0 bridgehead atoms. The van der Waals surface area contributed by atoms with E-state index >= 15 is 0 Å². The van der Waals surface area contributed by atoms with Crippen LogP contribution in [0.15, 0.2) is 42.5 Å². The van der Waals surface area contributed by atoms with E-state index in [0.29, 0.717) is 5.56 Å².